The van der Waals surface area contributed by atoms with Gasteiger partial charge in [0.1, 0.15) is 5.75 Å². The van der Waals surface area contributed by atoms with Gasteiger partial charge in [0.05, 0.1) is 12.6 Å². The molecule has 0 aromatic heterocycles. The second-order valence-corrected chi connectivity index (χ2v) is 4.93. The molecule has 0 bridgehead atoms. The number of benzene rings is 2. The van der Waals surface area contributed by atoms with E-state index in [4.69, 9.17) is 10.6 Å². The lowest BCUT2D eigenvalue weighted by Gasteiger charge is -2.18. The normalized spacial score (nSPS) is 12.2. The number of nitrogens with one attached hydrogen (secondary N) is 1. The zero-order valence-electron chi connectivity index (χ0n) is 12.1. The second kappa shape index (κ2) is 7.08. The zero-order valence-corrected chi connectivity index (χ0v) is 12.1. The highest BCUT2D eigenvalue weighted by atomic mass is 16.5. The van der Waals surface area contributed by atoms with E-state index in [2.05, 4.69) is 43.5 Å². The van der Waals surface area contributed by atoms with E-state index in [0.29, 0.717) is 0 Å². The lowest BCUT2D eigenvalue weighted by atomic mass is 9.98. The van der Waals surface area contributed by atoms with Crippen molar-refractivity contribution < 1.29 is 4.74 Å². The van der Waals surface area contributed by atoms with E-state index in [9.17, 15) is 0 Å². The smallest absolute Gasteiger partial charge is 0.119 e. The highest BCUT2D eigenvalue weighted by Gasteiger charge is 2.13. The monoisotopic (exact) mass is 270 g/mol. The van der Waals surface area contributed by atoms with Crippen LogP contribution in [0.4, 0.5) is 0 Å². The number of rotatable bonds is 6. The molecule has 0 aliphatic heterocycles. The van der Waals surface area contributed by atoms with Crippen molar-refractivity contribution in [2.45, 2.75) is 26.3 Å². The Balaban J connectivity index is 2.27. The number of hydrogen-bond donors (Lipinski definition) is 2. The van der Waals surface area contributed by atoms with Crippen LogP contribution in [0.15, 0.2) is 48.5 Å². The maximum atomic E-state index is 5.75. The van der Waals surface area contributed by atoms with Crippen LogP contribution in [0, 0.1) is 6.92 Å². The molecule has 0 spiro atoms. The summed E-state index contributed by atoms with van der Waals surface area (Å²) in [5.74, 6) is 6.63. The summed E-state index contributed by atoms with van der Waals surface area (Å²) in [6, 6.07) is 16.4. The number of aryl methyl sites for hydroxylation is 1. The van der Waals surface area contributed by atoms with Gasteiger partial charge in [-0.15, -0.1) is 0 Å². The third-order valence-electron chi connectivity index (χ3n) is 3.21. The molecule has 1 atom stereocenters. The highest BCUT2D eigenvalue weighted by Crippen LogP contribution is 2.25. The van der Waals surface area contributed by atoms with Gasteiger partial charge < -0.3 is 4.74 Å². The van der Waals surface area contributed by atoms with E-state index in [0.717, 1.165) is 29.9 Å². The van der Waals surface area contributed by atoms with Gasteiger partial charge >= 0.3 is 0 Å². The third-order valence-corrected chi connectivity index (χ3v) is 3.21. The van der Waals surface area contributed by atoms with Gasteiger partial charge in [0.2, 0.25) is 0 Å². The molecule has 2 aromatic carbocycles. The van der Waals surface area contributed by atoms with Crippen molar-refractivity contribution in [3.8, 4) is 5.75 Å². The summed E-state index contributed by atoms with van der Waals surface area (Å²) in [6.45, 7) is 4.91. The molecule has 0 saturated heterocycles. The fourth-order valence-corrected chi connectivity index (χ4v) is 2.24. The number of ether oxygens (including phenoxy) is 1. The Morgan fingerprint density at radius 2 is 1.80 bits per heavy atom. The molecule has 2 aromatic rings. The molecule has 0 radical (unpaired) electrons. The molecule has 0 heterocycles. The van der Waals surface area contributed by atoms with Crippen LogP contribution in [0.2, 0.25) is 0 Å². The molecule has 3 nitrogen and oxygen atoms in total. The van der Waals surface area contributed by atoms with E-state index >= 15 is 0 Å². The first-order valence-corrected chi connectivity index (χ1v) is 7.00. The van der Waals surface area contributed by atoms with Crippen molar-refractivity contribution in [2.24, 2.45) is 5.84 Å². The van der Waals surface area contributed by atoms with Gasteiger partial charge in [-0.3, -0.25) is 5.84 Å². The van der Waals surface area contributed by atoms with Crippen LogP contribution >= 0.6 is 0 Å². The fraction of sp³-hybridized carbons (Fsp3) is 0.294. The first-order chi connectivity index (χ1) is 9.74. The van der Waals surface area contributed by atoms with E-state index in [1.54, 1.807) is 0 Å². The average molecular weight is 270 g/mol. The van der Waals surface area contributed by atoms with Crippen molar-refractivity contribution in [1.82, 2.24) is 5.43 Å². The van der Waals surface area contributed by atoms with Crippen LogP contribution in [0.1, 0.15) is 36.1 Å². The maximum absolute atomic E-state index is 5.75. The molecule has 2 rings (SSSR count). The van der Waals surface area contributed by atoms with Crippen molar-refractivity contribution in [3.63, 3.8) is 0 Å². The molecule has 0 fully saturated rings. The molecule has 0 aliphatic carbocycles. The molecular formula is C17H22N2O. The van der Waals surface area contributed by atoms with Crippen LogP contribution < -0.4 is 16.0 Å². The second-order valence-electron chi connectivity index (χ2n) is 4.93. The van der Waals surface area contributed by atoms with E-state index in [1.165, 1.54) is 5.56 Å². The minimum Gasteiger partial charge on any atom is -0.494 e. The maximum Gasteiger partial charge on any atom is 0.119 e. The van der Waals surface area contributed by atoms with Crippen molar-refractivity contribution in [3.05, 3.63) is 65.2 Å². The van der Waals surface area contributed by atoms with Gasteiger partial charge in [0.25, 0.3) is 0 Å². The molecule has 0 amide bonds. The predicted molar refractivity (Wildman–Crippen MR) is 82.6 cm³/mol. The van der Waals surface area contributed by atoms with Crippen molar-refractivity contribution in [2.75, 3.05) is 6.61 Å². The SMILES string of the molecule is CCCOc1cccc(C(NN)c2cccc(C)c2)c1. The average Bonchev–Trinajstić information content (AvgIpc) is 2.46. The summed E-state index contributed by atoms with van der Waals surface area (Å²) in [7, 11) is 0. The Hall–Kier alpha value is -1.84. The molecule has 3 N–H and O–H groups in total. The highest BCUT2D eigenvalue weighted by molar-refractivity contribution is 5.37. The largest absolute Gasteiger partial charge is 0.494 e. The van der Waals surface area contributed by atoms with Crippen molar-refractivity contribution >= 4 is 0 Å². The summed E-state index contributed by atoms with van der Waals surface area (Å²) >= 11 is 0. The Labute approximate surface area is 120 Å². The standard InChI is InChI=1S/C17H22N2O/c1-3-10-20-16-9-5-8-15(12-16)17(19-18)14-7-4-6-13(2)11-14/h4-9,11-12,17,19H,3,10,18H2,1-2H3. The topological polar surface area (TPSA) is 47.3 Å². The van der Waals surface area contributed by atoms with Crippen molar-refractivity contribution in [1.29, 1.82) is 0 Å². The Bertz CT molecular complexity index is 554. The molecule has 20 heavy (non-hydrogen) atoms. The van der Waals surface area contributed by atoms with Gasteiger partial charge in [0.15, 0.2) is 0 Å². The van der Waals surface area contributed by atoms with E-state index in [1.807, 2.05) is 24.3 Å². The Morgan fingerprint density at radius 3 is 2.45 bits per heavy atom. The molecule has 0 saturated carbocycles. The molecule has 1 unspecified atom stereocenters. The number of nitrogens with two attached hydrogens (primary N) is 1. The lowest BCUT2D eigenvalue weighted by Crippen LogP contribution is -2.28. The molecule has 106 valence electrons. The number of hydrazine groups is 1. The lowest BCUT2D eigenvalue weighted by molar-refractivity contribution is 0.317. The molecular weight excluding hydrogens is 248 g/mol. The van der Waals surface area contributed by atoms with Crippen LogP contribution in [-0.4, -0.2) is 6.61 Å². The van der Waals surface area contributed by atoms with E-state index < -0.39 is 0 Å². The van der Waals surface area contributed by atoms with Crippen LogP contribution in [-0.2, 0) is 0 Å². The fourth-order valence-electron chi connectivity index (χ4n) is 2.24. The van der Waals surface area contributed by atoms with Gasteiger partial charge in [0, 0.05) is 0 Å². The van der Waals surface area contributed by atoms with Crippen LogP contribution in [0.3, 0.4) is 0 Å². The van der Waals surface area contributed by atoms with Gasteiger partial charge in [-0.1, -0.05) is 48.9 Å². The van der Waals surface area contributed by atoms with Crippen LogP contribution in [0.25, 0.3) is 0 Å². The summed E-state index contributed by atoms with van der Waals surface area (Å²) in [4.78, 5) is 0. The van der Waals surface area contributed by atoms with E-state index in [-0.39, 0.29) is 6.04 Å². The molecule has 3 heteroatoms. The van der Waals surface area contributed by atoms with Crippen LogP contribution in [0.5, 0.6) is 5.75 Å². The zero-order chi connectivity index (χ0) is 14.4. The van der Waals surface area contributed by atoms with Gasteiger partial charge in [-0.25, -0.2) is 5.43 Å². The predicted octanol–water partition coefficient (Wildman–Crippen LogP) is 3.34. The number of hydrogen-bond acceptors (Lipinski definition) is 3. The summed E-state index contributed by atoms with van der Waals surface area (Å²) < 4.78 is 5.68. The summed E-state index contributed by atoms with van der Waals surface area (Å²) in [5, 5.41) is 0. The Morgan fingerprint density at radius 1 is 1.10 bits per heavy atom. The summed E-state index contributed by atoms with van der Waals surface area (Å²) in [6.07, 6.45) is 1.00. The third kappa shape index (κ3) is 3.59. The summed E-state index contributed by atoms with van der Waals surface area (Å²) in [5.41, 5.74) is 6.37. The first-order valence-electron chi connectivity index (χ1n) is 7.00. The van der Waals surface area contributed by atoms with Gasteiger partial charge in [-0.05, 0) is 36.6 Å². The minimum absolute atomic E-state index is 0.0277. The minimum atomic E-state index is -0.0277. The molecule has 0 aliphatic rings. The van der Waals surface area contributed by atoms with Gasteiger partial charge in [-0.2, -0.15) is 0 Å². The quantitative estimate of drug-likeness (QED) is 0.625. The Kier molecular flexibility index (Phi) is 5.16. The first kappa shape index (κ1) is 14.6.